The first-order valence-corrected chi connectivity index (χ1v) is 10.7. The summed E-state index contributed by atoms with van der Waals surface area (Å²) >= 11 is 5.87. The molecule has 1 atom stereocenters. The molecule has 0 saturated heterocycles. The number of nitrogens with zero attached hydrogens (tertiary/aromatic N) is 3. The Hall–Kier alpha value is -4.05. The van der Waals surface area contributed by atoms with Gasteiger partial charge in [-0.2, -0.15) is 0 Å². The predicted molar refractivity (Wildman–Crippen MR) is 123 cm³/mol. The van der Waals surface area contributed by atoms with Crippen LogP contribution in [0.3, 0.4) is 0 Å². The summed E-state index contributed by atoms with van der Waals surface area (Å²) in [7, 11) is 0. The number of carbonyl (C=O) groups is 1. The van der Waals surface area contributed by atoms with Gasteiger partial charge in [0.1, 0.15) is 18.2 Å². The number of hydrogen-bond acceptors (Lipinski definition) is 5. The highest BCUT2D eigenvalue weighted by molar-refractivity contribution is 6.30. The van der Waals surface area contributed by atoms with Gasteiger partial charge in [-0.05, 0) is 73.2 Å². The highest BCUT2D eigenvalue weighted by atomic mass is 35.5. The van der Waals surface area contributed by atoms with Gasteiger partial charge in [0.2, 0.25) is 0 Å². The molecule has 1 N–H and O–H groups in total. The largest absolute Gasteiger partial charge is 0.573 e. The van der Waals surface area contributed by atoms with E-state index in [2.05, 4.69) is 20.1 Å². The van der Waals surface area contributed by atoms with Crippen LogP contribution in [-0.4, -0.2) is 27.2 Å². The summed E-state index contributed by atoms with van der Waals surface area (Å²) in [4.78, 5) is 16.5. The number of rotatable bonds is 6. The molecule has 1 heterocycles. The maximum Gasteiger partial charge on any atom is 0.573 e. The van der Waals surface area contributed by atoms with E-state index in [0.29, 0.717) is 27.8 Å². The molecule has 180 valence electrons. The summed E-state index contributed by atoms with van der Waals surface area (Å²) < 4.78 is 47.6. The van der Waals surface area contributed by atoms with Crippen molar-refractivity contribution >= 4 is 23.4 Å². The van der Waals surface area contributed by atoms with Gasteiger partial charge in [0.15, 0.2) is 5.82 Å². The number of halogens is 4. The van der Waals surface area contributed by atoms with E-state index in [1.807, 2.05) is 0 Å². The van der Waals surface area contributed by atoms with Crippen molar-refractivity contribution in [3.63, 3.8) is 0 Å². The molecular formula is C24H18ClF3N4O3. The van der Waals surface area contributed by atoms with E-state index < -0.39 is 18.6 Å². The van der Waals surface area contributed by atoms with E-state index in [4.69, 9.17) is 16.3 Å². The van der Waals surface area contributed by atoms with Crippen molar-refractivity contribution < 1.29 is 27.4 Å². The Bertz CT molecular complexity index is 1290. The molecule has 1 aromatic heterocycles. The molecule has 0 radical (unpaired) electrons. The Labute approximate surface area is 203 Å². The van der Waals surface area contributed by atoms with E-state index in [9.17, 15) is 18.0 Å². The van der Waals surface area contributed by atoms with Crippen LogP contribution in [0.25, 0.3) is 17.1 Å². The number of aromatic nitrogens is 3. The summed E-state index contributed by atoms with van der Waals surface area (Å²) in [6.45, 7) is 1.75. The van der Waals surface area contributed by atoms with Crippen molar-refractivity contribution in [3.8, 4) is 22.8 Å². The molecule has 3 aromatic carbocycles. The third-order valence-corrected chi connectivity index (χ3v) is 5.09. The van der Waals surface area contributed by atoms with Gasteiger partial charge in [-0.15, -0.1) is 18.3 Å². The number of amides is 1. The molecule has 0 spiro atoms. The summed E-state index contributed by atoms with van der Waals surface area (Å²) in [5.74, 6) is 0.0665. The average Bonchev–Trinajstić information content (AvgIpc) is 3.29. The van der Waals surface area contributed by atoms with Crippen LogP contribution in [0.5, 0.6) is 5.75 Å². The van der Waals surface area contributed by atoms with Crippen LogP contribution >= 0.6 is 11.6 Å². The van der Waals surface area contributed by atoms with Crippen molar-refractivity contribution in [3.05, 3.63) is 89.7 Å². The van der Waals surface area contributed by atoms with E-state index in [1.165, 1.54) is 35.3 Å². The molecular weight excluding hydrogens is 485 g/mol. The normalized spacial score (nSPS) is 12.1. The molecule has 0 bridgehead atoms. The number of alkyl halides is 3. The lowest BCUT2D eigenvalue weighted by Gasteiger charge is -2.14. The highest BCUT2D eigenvalue weighted by Gasteiger charge is 2.31. The van der Waals surface area contributed by atoms with Crippen LogP contribution in [0.15, 0.2) is 79.1 Å². The fourth-order valence-electron chi connectivity index (χ4n) is 3.13. The van der Waals surface area contributed by atoms with Crippen molar-refractivity contribution in [2.24, 2.45) is 0 Å². The Morgan fingerprint density at radius 3 is 2.29 bits per heavy atom. The van der Waals surface area contributed by atoms with Gasteiger partial charge in [-0.1, -0.05) is 23.7 Å². The van der Waals surface area contributed by atoms with Gasteiger partial charge in [0, 0.05) is 16.3 Å². The maximum absolute atomic E-state index is 12.3. The molecule has 0 aliphatic heterocycles. The Morgan fingerprint density at radius 2 is 1.66 bits per heavy atom. The SMILES string of the molecule is CC(OC(=O)Nc1ccc(-c2ncn(-c3ccc(OC(F)(F)F)cc3)n2)cc1)c1ccc(Cl)cc1. The third kappa shape index (κ3) is 6.51. The van der Waals surface area contributed by atoms with E-state index >= 15 is 0 Å². The van der Waals surface area contributed by atoms with Gasteiger partial charge < -0.3 is 9.47 Å². The predicted octanol–water partition coefficient (Wildman–Crippen LogP) is 6.80. The monoisotopic (exact) mass is 502 g/mol. The van der Waals surface area contributed by atoms with Crippen molar-refractivity contribution in [1.82, 2.24) is 14.8 Å². The number of anilines is 1. The molecule has 1 unspecified atom stereocenters. The van der Waals surface area contributed by atoms with Crippen LogP contribution in [0.4, 0.5) is 23.7 Å². The lowest BCUT2D eigenvalue weighted by atomic mass is 10.1. The minimum atomic E-state index is -4.76. The van der Waals surface area contributed by atoms with Crippen molar-refractivity contribution in [1.29, 1.82) is 0 Å². The third-order valence-electron chi connectivity index (χ3n) is 4.84. The van der Waals surface area contributed by atoms with Gasteiger partial charge in [0.25, 0.3) is 0 Å². The average molecular weight is 503 g/mol. The molecule has 35 heavy (non-hydrogen) atoms. The Morgan fingerprint density at radius 1 is 1.00 bits per heavy atom. The van der Waals surface area contributed by atoms with Crippen molar-refractivity contribution in [2.75, 3.05) is 5.32 Å². The number of ether oxygens (including phenoxy) is 2. The van der Waals surface area contributed by atoms with Crippen LogP contribution in [0, 0.1) is 0 Å². The zero-order valence-corrected chi connectivity index (χ0v) is 18.9. The summed E-state index contributed by atoms with van der Waals surface area (Å²) in [5, 5.41) is 7.60. The zero-order chi connectivity index (χ0) is 25.0. The second-order valence-electron chi connectivity index (χ2n) is 7.36. The summed E-state index contributed by atoms with van der Waals surface area (Å²) in [6, 6.07) is 19.1. The lowest BCUT2D eigenvalue weighted by molar-refractivity contribution is -0.274. The Kier molecular flexibility index (Phi) is 6.92. The molecule has 0 aliphatic carbocycles. The number of benzene rings is 3. The lowest BCUT2D eigenvalue weighted by Crippen LogP contribution is -2.17. The smallest absolute Gasteiger partial charge is 0.441 e. The van der Waals surface area contributed by atoms with Crippen LogP contribution < -0.4 is 10.1 Å². The molecule has 7 nitrogen and oxygen atoms in total. The molecule has 1 amide bonds. The second-order valence-corrected chi connectivity index (χ2v) is 7.79. The summed E-state index contributed by atoms with van der Waals surface area (Å²) in [5.41, 5.74) is 2.51. The number of hydrogen-bond donors (Lipinski definition) is 1. The van der Waals surface area contributed by atoms with Crippen LogP contribution in [0.1, 0.15) is 18.6 Å². The zero-order valence-electron chi connectivity index (χ0n) is 18.2. The minimum absolute atomic E-state index is 0.328. The van der Waals surface area contributed by atoms with E-state index in [1.54, 1.807) is 55.5 Å². The number of carbonyl (C=O) groups excluding carboxylic acids is 1. The highest BCUT2D eigenvalue weighted by Crippen LogP contribution is 2.25. The van der Waals surface area contributed by atoms with Gasteiger partial charge in [-0.25, -0.2) is 14.5 Å². The first-order chi connectivity index (χ1) is 16.7. The van der Waals surface area contributed by atoms with Gasteiger partial charge in [-0.3, -0.25) is 5.32 Å². The molecule has 11 heteroatoms. The molecule has 0 aliphatic rings. The first kappa shape index (κ1) is 24.1. The van der Waals surface area contributed by atoms with Crippen molar-refractivity contribution in [2.45, 2.75) is 19.4 Å². The standard InChI is InChI=1S/C24H18ClF3N4O3/c1-15(16-2-6-18(25)7-3-16)34-23(33)30-19-8-4-17(5-9-19)22-29-14-32(31-22)20-10-12-21(13-11-20)35-24(26,27)28/h2-15H,1H3,(H,30,33). The molecule has 0 saturated carbocycles. The molecule has 4 rings (SSSR count). The Balaban J connectivity index is 1.37. The quantitative estimate of drug-likeness (QED) is 0.314. The van der Waals surface area contributed by atoms with Crippen LogP contribution in [-0.2, 0) is 4.74 Å². The molecule has 4 aromatic rings. The first-order valence-electron chi connectivity index (χ1n) is 10.3. The van der Waals surface area contributed by atoms with Gasteiger partial charge >= 0.3 is 12.5 Å². The second kappa shape index (κ2) is 10.1. The summed E-state index contributed by atoms with van der Waals surface area (Å²) in [6.07, 6.45) is -4.39. The topological polar surface area (TPSA) is 78.3 Å². The maximum atomic E-state index is 12.3. The minimum Gasteiger partial charge on any atom is -0.441 e. The fourth-order valence-corrected chi connectivity index (χ4v) is 3.26. The van der Waals surface area contributed by atoms with E-state index in [0.717, 1.165) is 5.56 Å². The van der Waals surface area contributed by atoms with Crippen LogP contribution in [0.2, 0.25) is 5.02 Å². The molecule has 0 fully saturated rings. The fraction of sp³-hybridized carbons (Fsp3) is 0.125. The van der Waals surface area contributed by atoms with E-state index in [-0.39, 0.29) is 5.75 Å². The number of nitrogens with one attached hydrogen (secondary N) is 1. The van der Waals surface area contributed by atoms with Gasteiger partial charge in [0.05, 0.1) is 5.69 Å².